The summed E-state index contributed by atoms with van der Waals surface area (Å²) < 4.78 is 14.3. The fraction of sp³-hybridized carbons (Fsp3) is 0.0208. The lowest BCUT2D eigenvalue weighted by Crippen LogP contribution is -2.00. The zero-order chi connectivity index (χ0) is 37.2. The average Bonchev–Trinajstić information content (AvgIpc) is 3.99. The van der Waals surface area contributed by atoms with Gasteiger partial charge in [0.1, 0.15) is 11.0 Å². The number of nitrogens with zero attached hydrogens (tertiary/aromatic N) is 6. The first-order chi connectivity index (χ1) is 27.6. The second-order valence-electron chi connectivity index (χ2n) is 13.9. The molecule has 0 atom stereocenters. The Kier molecular flexibility index (Phi) is 7.21. The molecule has 0 bridgehead atoms. The smallest absolute Gasteiger partial charge is 0.227 e. The third-order valence-corrected chi connectivity index (χ3v) is 10.4. The summed E-state index contributed by atoms with van der Waals surface area (Å²) >= 11 is 0. The molecule has 7 aromatic carbocycles. The van der Waals surface area contributed by atoms with Crippen molar-refractivity contribution in [1.82, 2.24) is 29.5 Å². The third-order valence-electron chi connectivity index (χ3n) is 10.4. The molecular formula is C48H30N6O2. The molecule has 4 aromatic heterocycles. The maximum atomic E-state index is 6.48. The lowest BCUT2D eigenvalue weighted by molar-refractivity contribution is 0.602. The van der Waals surface area contributed by atoms with E-state index in [2.05, 4.69) is 89.3 Å². The van der Waals surface area contributed by atoms with Gasteiger partial charge in [0, 0.05) is 38.7 Å². The van der Waals surface area contributed by atoms with Crippen molar-refractivity contribution in [1.29, 1.82) is 0 Å². The van der Waals surface area contributed by atoms with Gasteiger partial charge in [0.05, 0.1) is 11.0 Å². The summed E-state index contributed by atoms with van der Waals surface area (Å²) in [6, 6.07) is 53.6. The monoisotopic (exact) mass is 722 g/mol. The Morgan fingerprint density at radius 2 is 1.14 bits per heavy atom. The molecule has 0 aliphatic carbocycles. The summed E-state index contributed by atoms with van der Waals surface area (Å²) in [7, 11) is 0. The van der Waals surface area contributed by atoms with Crippen LogP contribution in [0.25, 0.3) is 106 Å². The Labute approximate surface area is 320 Å². The number of hydrogen-bond acceptors (Lipinski definition) is 7. The first-order valence-corrected chi connectivity index (χ1v) is 18.4. The predicted molar refractivity (Wildman–Crippen MR) is 221 cm³/mol. The third kappa shape index (κ3) is 5.34. The van der Waals surface area contributed by atoms with Crippen molar-refractivity contribution in [3.63, 3.8) is 0 Å². The predicted octanol–water partition coefficient (Wildman–Crippen LogP) is 11.9. The van der Waals surface area contributed by atoms with Crippen molar-refractivity contribution < 1.29 is 8.83 Å². The zero-order valence-electron chi connectivity index (χ0n) is 30.1. The number of benzene rings is 7. The Morgan fingerprint density at radius 1 is 0.464 bits per heavy atom. The van der Waals surface area contributed by atoms with Crippen LogP contribution in [0, 0.1) is 6.92 Å². The van der Waals surface area contributed by atoms with Gasteiger partial charge in [-0.25, -0.2) is 24.9 Å². The molecule has 0 N–H and O–H groups in total. The molecule has 11 rings (SSSR count). The van der Waals surface area contributed by atoms with E-state index in [9.17, 15) is 0 Å². The molecule has 0 saturated carbocycles. The topological polar surface area (TPSA) is 95.7 Å². The molecule has 0 aliphatic rings. The minimum Gasteiger partial charge on any atom is -0.443 e. The van der Waals surface area contributed by atoms with Crippen molar-refractivity contribution >= 4 is 44.0 Å². The second kappa shape index (κ2) is 12.7. The summed E-state index contributed by atoms with van der Waals surface area (Å²) in [6.45, 7) is 2.14. The van der Waals surface area contributed by atoms with E-state index < -0.39 is 0 Å². The molecule has 8 heteroatoms. The van der Waals surface area contributed by atoms with Crippen molar-refractivity contribution in [3.05, 3.63) is 170 Å². The lowest BCUT2D eigenvalue weighted by Gasteiger charge is -2.10. The van der Waals surface area contributed by atoms with Gasteiger partial charge in [-0.2, -0.15) is 0 Å². The minimum atomic E-state index is 0.546. The molecule has 0 fully saturated rings. The molecule has 0 aliphatic heterocycles. The highest BCUT2D eigenvalue weighted by molar-refractivity contribution is 6.10. The number of rotatable bonds is 6. The van der Waals surface area contributed by atoms with E-state index in [1.54, 1.807) is 0 Å². The number of aryl methyl sites for hydroxylation is 1. The van der Waals surface area contributed by atoms with Crippen LogP contribution in [0.1, 0.15) is 5.56 Å². The second-order valence-corrected chi connectivity index (χ2v) is 13.9. The maximum absolute atomic E-state index is 6.48. The Morgan fingerprint density at radius 3 is 1.93 bits per heavy atom. The number of aromatic nitrogens is 6. The number of fused-ring (bicyclic) bond motifs is 5. The fourth-order valence-corrected chi connectivity index (χ4v) is 7.59. The van der Waals surface area contributed by atoms with E-state index in [1.165, 1.54) is 17.2 Å². The molecule has 0 spiro atoms. The Balaban J connectivity index is 0.980. The van der Waals surface area contributed by atoms with Crippen LogP contribution in [0.3, 0.4) is 0 Å². The van der Waals surface area contributed by atoms with Gasteiger partial charge in [-0.3, -0.25) is 0 Å². The molecule has 0 amide bonds. The average molecular weight is 723 g/mol. The standard InChI is InChI=1S/C48H30N6O2/c1-29-16-17-34(25-37(29)32-19-22-42-38(24-32)36-14-8-9-15-41(36)54(42)35-20-23-43-40(27-35)49-28-55-43)48-50-39-21-18-33(26-44(39)56-48)47-52-45(30-10-4-2-5-11-30)51-46(53-47)31-12-6-3-7-13-31/h2-28H,1H3. The molecule has 0 unspecified atom stereocenters. The Bertz CT molecular complexity index is 3210. The molecule has 0 radical (unpaired) electrons. The summed E-state index contributed by atoms with van der Waals surface area (Å²) in [5.74, 6) is 2.32. The van der Waals surface area contributed by atoms with Crippen LogP contribution >= 0.6 is 0 Å². The normalized spacial score (nSPS) is 11.7. The molecule has 264 valence electrons. The van der Waals surface area contributed by atoms with Crippen molar-refractivity contribution in [2.75, 3.05) is 0 Å². The van der Waals surface area contributed by atoms with Crippen molar-refractivity contribution in [3.8, 4) is 62.4 Å². The van der Waals surface area contributed by atoms with Crippen LogP contribution in [-0.2, 0) is 0 Å². The van der Waals surface area contributed by atoms with E-state index >= 15 is 0 Å². The largest absolute Gasteiger partial charge is 0.443 e. The highest BCUT2D eigenvalue weighted by atomic mass is 16.3. The van der Waals surface area contributed by atoms with Gasteiger partial charge in [0.2, 0.25) is 5.89 Å². The molecule has 11 aromatic rings. The van der Waals surface area contributed by atoms with E-state index in [4.69, 9.17) is 28.8 Å². The zero-order valence-corrected chi connectivity index (χ0v) is 30.1. The van der Waals surface area contributed by atoms with E-state index in [-0.39, 0.29) is 0 Å². The van der Waals surface area contributed by atoms with Gasteiger partial charge in [-0.05, 0) is 90.3 Å². The summed E-state index contributed by atoms with van der Waals surface area (Å²) in [6.07, 6.45) is 1.49. The van der Waals surface area contributed by atoms with E-state index in [0.717, 1.165) is 72.3 Å². The first kappa shape index (κ1) is 31.8. The molecule has 0 saturated heterocycles. The van der Waals surface area contributed by atoms with Crippen molar-refractivity contribution in [2.45, 2.75) is 6.92 Å². The number of hydrogen-bond donors (Lipinski definition) is 0. The van der Waals surface area contributed by atoms with E-state index in [0.29, 0.717) is 28.9 Å². The van der Waals surface area contributed by atoms with Crippen LogP contribution in [0.5, 0.6) is 0 Å². The van der Waals surface area contributed by atoms with Gasteiger partial charge in [-0.1, -0.05) is 91.0 Å². The highest BCUT2D eigenvalue weighted by Gasteiger charge is 2.18. The van der Waals surface area contributed by atoms with Gasteiger partial charge < -0.3 is 13.4 Å². The van der Waals surface area contributed by atoms with Crippen LogP contribution < -0.4 is 0 Å². The summed E-state index contributed by atoms with van der Waals surface area (Å²) in [5.41, 5.74) is 13.2. The molecular weight excluding hydrogens is 693 g/mol. The lowest BCUT2D eigenvalue weighted by atomic mass is 9.96. The number of para-hydroxylation sites is 1. The van der Waals surface area contributed by atoms with Gasteiger partial charge in [-0.15, -0.1) is 0 Å². The molecule has 56 heavy (non-hydrogen) atoms. The fourth-order valence-electron chi connectivity index (χ4n) is 7.59. The van der Waals surface area contributed by atoms with Crippen LogP contribution in [0.2, 0.25) is 0 Å². The Hall–Kier alpha value is -7.71. The first-order valence-electron chi connectivity index (χ1n) is 18.4. The van der Waals surface area contributed by atoms with E-state index in [1.807, 2.05) is 84.9 Å². The van der Waals surface area contributed by atoms with Crippen molar-refractivity contribution in [2.24, 2.45) is 0 Å². The van der Waals surface area contributed by atoms with Gasteiger partial charge in [0.15, 0.2) is 35.0 Å². The SMILES string of the molecule is Cc1ccc(-c2nc3ccc(-c4nc(-c5ccccc5)nc(-c5ccccc5)n4)cc3o2)cc1-c1ccc2c(c1)c1ccccc1n2-c1ccc2ocnc2c1. The van der Waals surface area contributed by atoms with Gasteiger partial charge in [0.25, 0.3) is 0 Å². The van der Waals surface area contributed by atoms with Crippen LogP contribution in [0.15, 0.2) is 173 Å². The van der Waals surface area contributed by atoms with Gasteiger partial charge >= 0.3 is 0 Å². The minimum absolute atomic E-state index is 0.546. The molecule has 4 heterocycles. The number of oxazole rings is 2. The quantitative estimate of drug-likeness (QED) is 0.169. The molecule has 8 nitrogen and oxygen atoms in total. The maximum Gasteiger partial charge on any atom is 0.227 e. The highest BCUT2D eigenvalue weighted by Crippen LogP contribution is 2.38. The van der Waals surface area contributed by atoms with Crippen LogP contribution in [0.4, 0.5) is 0 Å². The van der Waals surface area contributed by atoms with Crippen LogP contribution in [-0.4, -0.2) is 29.5 Å². The summed E-state index contributed by atoms with van der Waals surface area (Å²) in [4.78, 5) is 24.0. The summed E-state index contributed by atoms with van der Waals surface area (Å²) in [5, 5.41) is 2.35.